The standard InChI is InChI=1S/C16H24N2O5S/c1-12(2)6-8-18(24(3,20)21)9-7-17-16(19)13-4-5-14-15(10-13)23-11-22-14/h4-5,10,12H,6-9,11H2,1-3H3,(H,17,19). The first-order valence-electron chi connectivity index (χ1n) is 7.90. The minimum atomic E-state index is -3.29. The molecule has 1 aromatic rings. The van der Waals surface area contributed by atoms with E-state index in [-0.39, 0.29) is 25.8 Å². The second kappa shape index (κ2) is 7.85. The SMILES string of the molecule is CC(C)CCN(CCNC(=O)c1ccc2c(c1)OCO2)S(C)(=O)=O. The van der Waals surface area contributed by atoms with Crippen LogP contribution in [0.2, 0.25) is 0 Å². The number of nitrogens with zero attached hydrogens (tertiary/aromatic N) is 1. The van der Waals surface area contributed by atoms with Crippen molar-refractivity contribution in [1.29, 1.82) is 0 Å². The number of carbonyl (C=O) groups excluding carboxylic acids is 1. The van der Waals surface area contributed by atoms with Crippen LogP contribution in [0.1, 0.15) is 30.6 Å². The summed E-state index contributed by atoms with van der Waals surface area (Å²) in [4.78, 5) is 12.2. The van der Waals surface area contributed by atoms with Gasteiger partial charge in [0.15, 0.2) is 11.5 Å². The van der Waals surface area contributed by atoms with Crippen LogP contribution in [0.15, 0.2) is 18.2 Å². The number of ether oxygens (including phenoxy) is 2. The van der Waals surface area contributed by atoms with E-state index < -0.39 is 10.0 Å². The van der Waals surface area contributed by atoms with Gasteiger partial charge < -0.3 is 14.8 Å². The lowest BCUT2D eigenvalue weighted by molar-refractivity contribution is 0.0951. The zero-order valence-corrected chi connectivity index (χ0v) is 15.1. The quantitative estimate of drug-likeness (QED) is 0.762. The van der Waals surface area contributed by atoms with Gasteiger partial charge in [-0.2, -0.15) is 0 Å². The van der Waals surface area contributed by atoms with Crippen molar-refractivity contribution in [2.24, 2.45) is 5.92 Å². The lowest BCUT2D eigenvalue weighted by Gasteiger charge is -2.21. The molecule has 1 amide bonds. The molecule has 0 radical (unpaired) electrons. The van der Waals surface area contributed by atoms with Gasteiger partial charge in [0, 0.05) is 25.2 Å². The highest BCUT2D eigenvalue weighted by atomic mass is 32.2. The summed E-state index contributed by atoms with van der Waals surface area (Å²) < 4.78 is 35.4. The van der Waals surface area contributed by atoms with E-state index in [1.54, 1.807) is 18.2 Å². The Bertz CT molecular complexity index is 688. The van der Waals surface area contributed by atoms with Crippen LogP contribution in [0.3, 0.4) is 0 Å². The normalized spacial score (nSPS) is 13.5. The van der Waals surface area contributed by atoms with Gasteiger partial charge in [-0.15, -0.1) is 0 Å². The van der Waals surface area contributed by atoms with Crippen molar-refractivity contribution < 1.29 is 22.7 Å². The molecule has 1 aliphatic heterocycles. The maximum atomic E-state index is 12.2. The van der Waals surface area contributed by atoms with Crippen LogP contribution in [-0.4, -0.2) is 51.3 Å². The van der Waals surface area contributed by atoms with Crippen molar-refractivity contribution in [2.45, 2.75) is 20.3 Å². The number of hydrogen-bond donors (Lipinski definition) is 1. The molecule has 2 rings (SSSR count). The van der Waals surface area contributed by atoms with E-state index in [0.717, 1.165) is 6.42 Å². The van der Waals surface area contributed by atoms with Gasteiger partial charge in [-0.3, -0.25) is 4.79 Å². The lowest BCUT2D eigenvalue weighted by Crippen LogP contribution is -2.38. The summed E-state index contributed by atoms with van der Waals surface area (Å²) in [6.07, 6.45) is 1.97. The van der Waals surface area contributed by atoms with Crippen LogP contribution in [-0.2, 0) is 10.0 Å². The predicted molar refractivity (Wildman–Crippen MR) is 90.8 cm³/mol. The van der Waals surface area contributed by atoms with Gasteiger partial charge in [0.05, 0.1) is 6.26 Å². The molecule has 1 aromatic carbocycles. The van der Waals surface area contributed by atoms with E-state index in [4.69, 9.17) is 9.47 Å². The third kappa shape index (κ3) is 5.10. The smallest absolute Gasteiger partial charge is 0.251 e. The highest BCUT2D eigenvalue weighted by Crippen LogP contribution is 2.32. The number of benzene rings is 1. The highest BCUT2D eigenvalue weighted by molar-refractivity contribution is 7.88. The molecule has 134 valence electrons. The molecule has 0 aromatic heterocycles. The van der Waals surface area contributed by atoms with Crippen molar-refractivity contribution in [1.82, 2.24) is 9.62 Å². The van der Waals surface area contributed by atoms with Gasteiger partial charge in [-0.05, 0) is 30.5 Å². The van der Waals surface area contributed by atoms with E-state index in [1.165, 1.54) is 10.6 Å². The van der Waals surface area contributed by atoms with E-state index >= 15 is 0 Å². The first-order valence-corrected chi connectivity index (χ1v) is 9.75. The van der Waals surface area contributed by atoms with E-state index in [2.05, 4.69) is 5.32 Å². The summed E-state index contributed by atoms with van der Waals surface area (Å²) >= 11 is 0. The number of nitrogens with one attached hydrogen (secondary N) is 1. The fraction of sp³-hybridized carbons (Fsp3) is 0.562. The van der Waals surface area contributed by atoms with E-state index in [0.29, 0.717) is 29.5 Å². The fourth-order valence-electron chi connectivity index (χ4n) is 2.28. The van der Waals surface area contributed by atoms with Gasteiger partial charge in [-0.1, -0.05) is 13.8 Å². The van der Waals surface area contributed by atoms with Crippen LogP contribution in [0, 0.1) is 5.92 Å². The Morgan fingerprint density at radius 2 is 1.96 bits per heavy atom. The first-order chi connectivity index (χ1) is 11.3. The minimum Gasteiger partial charge on any atom is -0.454 e. The maximum Gasteiger partial charge on any atom is 0.251 e. The second-order valence-electron chi connectivity index (χ2n) is 6.17. The Kier molecular flexibility index (Phi) is 6.06. The Balaban J connectivity index is 1.88. The van der Waals surface area contributed by atoms with Gasteiger partial charge >= 0.3 is 0 Å². The lowest BCUT2D eigenvalue weighted by atomic mass is 10.1. The molecular weight excluding hydrogens is 332 g/mol. The van der Waals surface area contributed by atoms with Crippen LogP contribution in [0.4, 0.5) is 0 Å². The summed E-state index contributed by atoms with van der Waals surface area (Å²) in [6.45, 7) is 5.19. The Morgan fingerprint density at radius 1 is 1.25 bits per heavy atom. The minimum absolute atomic E-state index is 0.152. The first kappa shape index (κ1) is 18.5. The number of fused-ring (bicyclic) bond motifs is 1. The Labute approximate surface area is 143 Å². The zero-order valence-electron chi connectivity index (χ0n) is 14.2. The monoisotopic (exact) mass is 356 g/mol. The number of amides is 1. The number of hydrogen-bond acceptors (Lipinski definition) is 5. The summed E-state index contributed by atoms with van der Waals surface area (Å²) in [5.41, 5.74) is 0.451. The van der Waals surface area contributed by atoms with Crippen molar-refractivity contribution in [2.75, 3.05) is 32.7 Å². The summed E-state index contributed by atoms with van der Waals surface area (Å²) in [5.74, 6) is 1.30. The van der Waals surface area contributed by atoms with Crippen molar-refractivity contribution >= 4 is 15.9 Å². The molecule has 1 heterocycles. The maximum absolute atomic E-state index is 12.2. The van der Waals surface area contributed by atoms with Crippen molar-refractivity contribution in [3.05, 3.63) is 23.8 Å². The molecule has 0 saturated carbocycles. The Hall–Kier alpha value is -1.80. The fourth-order valence-corrected chi connectivity index (χ4v) is 3.14. The topological polar surface area (TPSA) is 84.9 Å². The van der Waals surface area contributed by atoms with Gasteiger partial charge in [0.2, 0.25) is 16.8 Å². The van der Waals surface area contributed by atoms with Gasteiger partial charge in [-0.25, -0.2) is 12.7 Å². The van der Waals surface area contributed by atoms with E-state index in [9.17, 15) is 13.2 Å². The van der Waals surface area contributed by atoms with Gasteiger partial charge in [0.1, 0.15) is 0 Å². The molecule has 0 aliphatic carbocycles. The Morgan fingerprint density at radius 3 is 2.62 bits per heavy atom. The highest BCUT2D eigenvalue weighted by Gasteiger charge is 2.18. The molecule has 7 nitrogen and oxygen atoms in total. The van der Waals surface area contributed by atoms with E-state index in [1.807, 2.05) is 13.8 Å². The zero-order chi connectivity index (χ0) is 17.7. The molecule has 0 atom stereocenters. The number of sulfonamides is 1. The molecule has 1 aliphatic rings. The average Bonchev–Trinajstić information content (AvgIpc) is 2.96. The molecule has 24 heavy (non-hydrogen) atoms. The molecule has 0 spiro atoms. The average molecular weight is 356 g/mol. The third-order valence-corrected chi connectivity index (χ3v) is 5.01. The largest absolute Gasteiger partial charge is 0.454 e. The molecule has 0 bridgehead atoms. The molecule has 8 heteroatoms. The number of carbonyl (C=O) groups is 1. The molecule has 1 N–H and O–H groups in total. The van der Waals surface area contributed by atoms with Crippen LogP contribution in [0.5, 0.6) is 11.5 Å². The summed E-state index contributed by atoms with van der Waals surface area (Å²) in [5, 5.41) is 2.74. The predicted octanol–water partition coefficient (Wildman–Crippen LogP) is 1.45. The van der Waals surface area contributed by atoms with Gasteiger partial charge in [0.25, 0.3) is 5.91 Å². The second-order valence-corrected chi connectivity index (χ2v) is 8.15. The molecular formula is C16H24N2O5S. The number of rotatable bonds is 8. The summed E-state index contributed by atoms with van der Waals surface area (Å²) in [6, 6.07) is 4.95. The van der Waals surface area contributed by atoms with Crippen molar-refractivity contribution in [3.63, 3.8) is 0 Å². The van der Waals surface area contributed by atoms with Crippen LogP contribution >= 0.6 is 0 Å². The molecule has 0 saturated heterocycles. The molecule has 0 fully saturated rings. The summed E-state index contributed by atoms with van der Waals surface area (Å²) in [7, 11) is -3.29. The van der Waals surface area contributed by atoms with Crippen LogP contribution in [0.25, 0.3) is 0 Å². The third-order valence-electron chi connectivity index (χ3n) is 3.71. The van der Waals surface area contributed by atoms with Crippen LogP contribution < -0.4 is 14.8 Å². The molecule has 0 unspecified atom stereocenters. The van der Waals surface area contributed by atoms with Crippen molar-refractivity contribution in [3.8, 4) is 11.5 Å².